The van der Waals surface area contributed by atoms with Crippen LogP contribution in [0.1, 0.15) is 12.0 Å². The summed E-state index contributed by atoms with van der Waals surface area (Å²) >= 11 is 5.94. The summed E-state index contributed by atoms with van der Waals surface area (Å²) < 4.78 is 40.4. The molecule has 0 unspecified atom stereocenters. The molecule has 8 heteroatoms. The Morgan fingerprint density at radius 1 is 1.00 bits per heavy atom. The molecular formula is C20H25ClFN3O2S. The predicted molar refractivity (Wildman–Crippen MR) is 112 cm³/mol. The van der Waals surface area contributed by atoms with Crippen LogP contribution in [0.2, 0.25) is 5.02 Å². The van der Waals surface area contributed by atoms with Gasteiger partial charge in [-0.15, -0.1) is 0 Å². The quantitative estimate of drug-likeness (QED) is 0.660. The minimum Gasteiger partial charge on any atom is -0.369 e. The number of halogens is 2. The molecule has 28 heavy (non-hydrogen) atoms. The second kappa shape index (κ2) is 9.69. The first-order valence-corrected chi connectivity index (χ1v) is 11.4. The van der Waals surface area contributed by atoms with Gasteiger partial charge in [-0.1, -0.05) is 29.8 Å². The van der Waals surface area contributed by atoms with Gasteiger partial charge in [0.15, 0.2) is 0 Å². The second-order valence-corrected chi connectivity index (χ2v) is 9.15. The molecule has 0 spiro atoms. The zero-order chi connectivity index (χ0) is 20.0. The highest BCUT2D eigenvalue weighted by atomic mass is 35.5. The van der Waals surface area contributed by atoms with Gasteiger partial charge in [-0.3, -0.25) is 4.90 Å². The van der Waals surface area contributed by atoms with Gasteiger partial charge in [0.05, 0.1) is 5.75 Å². The predicted octanol–water partition coefficient (Wildman–Crippen LogP) is 3.11. The Morgan fingerprint density at radius 3 is 2.36 bits per heavy atom. The first-order chi connectivity index (χ1) is 13.4. The molecule has 0 amide bonds. The molecule has 1 aliphatic rings. The molecule has 1 saturated heterocycles. The zero-order valence-electron chi connectivity index (χ0n) is 15.7. The third-order valence-corrected chi connectivity index (χ3v) is 6.43. The molecule has 5 nitrogen and oxygen atoms in total. The van der Waals surface area contributed by atoms with Gasteiger partial charge in [0.25, 0.3) is 0 Å². The summed E-state index contributed by atoms with van der Waals surface area (Å²) in [5, 5.41) is 0.736. The molecule has 1 aliphatic heterocycles. The molecule has 1 N–H and O–H groups in total. The van der Waals surface area contributed by atoms with Gasteiger partial charge in [-0.2, -0.15) is 0 Å². The topological polar surface area (TPSA) is 52.7 Å². The maximum Gasteiger partial charge on any atom is 0.215 e. The Morgan fingerprint density at radius 2 is 1.68 bits per heavy atom. The van der Waals surface area contributed by atoms with Gasteiger partial charge in [0.1, 0.15) is 5.82 Å². The van der Waals surface area contributed by atoms with E-state index in [4.69, 9.17) is 11.6 Å². The highest BCUT2D eigenvalue weighted by molar-refractivity contribution is 7.88. The molecule has 3 rings (SSSR count). The van der Waals surface area contributed by atoms with E-state index in [1.165, 1.54) is 17.8 Å². The van der Waals surface area contributed by atoms with Crippen LogP contribution < -0.4 is 9.62 Å². The number of hydrogen-bond acceptors (Lipinski definition) is 4. The Bertz CT molecular complexity index is 869. The van der Waals surface area contributed by atoms with Crippen LogP contribution in [0.3, 0.4) is 0 Å². The summed E-state index contributed by atoms with van der Waals surface area (Å²) in [4.78, 5) is 4.65. The average Bonchev–Trinajstić information content (AvgIpc) is 2.68. The van der Waals surface area contributed by atoms with Gasteiger partial charge in [-0.25, -0.2) is 17.5 Å². The van der Waals surface area contributed by atoms with Crippen LogP contribution in [0.15, 0.2) is 48.5 Å². The summed E-state index contributed by atoms with van der Waals surface area (Å²) in [6.45, 7) is 4.92. The van der Waals surface area contributed by atoms with Gasteiger partial charge in [-0.05, 0) is 43.3 Å². The number of benzene rings is 2. The molecule has 0 radical (unpaired) electrons. The van der Waals surface area contributed by atoms with E-state index in [0.29, 0.717) is 6.54 Å². The SMILES string of the molecule is O=S(=O)(Cc1ccccc1F)NCCCN1CCN(c2ccc(Cl)cc2)CC1. The Kier molecular flexibility index (Phi) is 7.29. The highest BCUT2D eigenvalue weighted by Crippen LogP contribution is 2.19. The van der Waals surface area contributed by atoms with Crippen molar-refractivity contribution in [1.82, 2.24) is 9.62 Å². The highest BCUT2D eigenvalue weighted by Gasteiger charge is 2.18. The Labute approximate surface area is 171 Å². The van der Waals surface area contributed by atoms with E-state index in [1.807, 2.05) is 24.3 Å². The lowest BCUT2D eigenvalue weighted by molar-refractivity contribution is 0.255. The molecule has 0 aliphatic carbocycles. The minimum atomic E-state index is -3.54. The number of rotatable bonds is 8. The van der Waals surface area contributed by atoms with Crippen LogP contribution >= 0.6 is 11.6 Å². The maximum absolute atomic E-state index is 13.6. The first-order valence-electron chi connectivity index (χ1n) is 9.36. The fourth-order valence-electron chi connectivity index (χ4n) is 3.28. The van der Waals surface area contributed by atoms with Crippen molar-refractivity contribution in [3.8, 4) is 0 Å². The minimum absolute atomic E-state index is 0.188. The largest absolute Gasteiger partial charge is 0.369 e. The molecule has 0 aromatic heterocycles. The third-order valence-electron chi connectivity index (χ3n) is 4.84. The lowest BCUT2D eigenvalue weighted by Gasteiger charge is -2.36. The van der Waals surface area contributed by atoms with Gasteiger partial charge in [0.2, 0.25) is 10.0 Å². The molecule has 0 atom stereocenters. The van der Waals surface area contributed by atoms with Gasteiger partial charge < -0.3 is 4.90 Å². The van der Waals surface area contributed by atoms with E-state index in [-0.39, 0.29) is 11.3 Å². The Hall–Kier alpha value is -1.67. The molecule has 0 bridgehead atoms. The van der Waals surface area contributed by atoms with E-state index >= 15 is 0 Å². The summed E-state index contributed by atoms with van der Waals surface area (Å²) in [6, 6.07) is 13.8. The maximum atomic E-state index is 13.6. The fourth-order valence-corrected chi connectivity index (χ4v) is 4.61. The Balaban J connectivity index is 1.37. The number of piperazine rings is 1. The summed E-state index contributed by atoms with van der Waals surface area (Å²) in [7, 11) is -3.54. The van der Waals surface area contributed by atoms with Crippen molar-refractivity contribution in [3.63, 3.8) is 0 Å². The number of nitrogens with one attached hydrogen (secondary N) is 1. The second-order valence-electron chi connectivity index (χ2n) is 6.90. The molecule has 1 fully saturated rings. The van der Waals surface area contributed by atoms with E-state index in [1.54, 1.807) is 12.1 Å². The lowest BCUT2D eigenvalue weighted by Crippen LogP contribution is -2.47. The normalized spacial score (nSPS) is 15.7. The van der Waals surface area contributed by atoms with E-state index in [0.717, 1.165) is 44.2 Å². The molecular weight excluding hydrogens is 401 g/mol. The number of hydrogen-bond donors (Lipinski definition) is 1. The van der Waals surface area contributed by atoms with Crippen molar-refractivity contribution in [2.24, 2.45) is 0 Å². The lowest BCUT2D eigenvalue weighted by atomic mass is 10.2. The van der Waals surface area contributed by atoms with Crippen molar-refractivity contribution in [2.75, 3.05) is 44.2 Å². The molecule has 2 aromatic rings. The van der Waals surface area contributed by atoms with Gasteiger partial charge in [0, 0.05) is 49.0 Å². The summed E-state index contributed by atoms with van der Waals surface area (Å²) in [5.74, 6) is -0.828. The number of nitrogens with zero attached hydrogens (tertiary/aromatic N) is 2. The van der Waals surface area contributed by atoms with Gasteiger partial charge >= 0.3 is 0 Å². The molecule has 152 valence electrons. The first kappa shape index (κ1) is 21.0. The van der Waals surface area contributed by atoms with Crippen LogP contribution in [0.25, 0.3) is 0 Å². The van der Waals surface area contributed by atoms with Crippen molar-refractivity contribution >= 4 is 27.3 Å². The van der Waals surface area contributed by atoms with Crippen molar-refractivity contribution in [1.29, 1.82) is 0 Å². The van der Waals surface area contributed by atoms with Crippen LogP contribution in [0, 0.1) is 5.82 Å². The molecule has 1 heterocycles. The van der Waals surface area contributed by atoms with Crippen LogP contribution in [-0.4, -0.2) is 52.6 Å². The average molecular weight is 426 g/mol. The van der Waals surface area contributed by atoms with E-state index in [9.17, 15) is 12.8 Å². The summed E-state index contributed by atoms with van der Waals surface area (Å²) in [6.07, 6.45) is 0.720. The van der Waals surface area contributed by atoms with Crippen LogP contribution in [0.5, 0.6) is 0 Å². The molecule has 2 aromatic carbocycles. The number of sulfonamides is 1. The van der Waals surface area contributed by atoms with E-state index in [2.05, 4.69) is 14.5 Å². The van der Waals surface area contributed by atoms with Crippen molar-refractivity contribution < 1.29 is 12.8 Å². The zero-order valence-corrected chi connectivity index (χ0v) is 17.2. The fraction of sp³-hybridized carbons (Fsp3) is 0.400. The van der Waals surface area contributed by atoms with Crippen LogP contribution in [0.4, 0.5) is 10.1 Å². The standard InChI is InChI=1S/C20H25ClFN3O2S/c21-18-6-8-19(9-7-18)25-14-12-24(13-15-25)11-3-10-23-28(26,27)16-17-4-1-2-5-20(17)22/h1-2,4-9,23H,3,10-16H2. The smallest absolute Gasteiger partial charge is 0.215 e. The van der Waals surface area contributed by atoms with Crippen molar-refractivity contribution in [3.05, 3.63) is 64.9 Å². The monoisotopic (exact) mass is 425 g/mol. The summed E-state index contributed by atoms with van der Waals surface area (Å²) in [5.41, 5.74) is 1.36. The molecule has 0 saturated carbocycles. The van der Waals surface area contributed by atoms with Crippen molar-refractivity contribution in [2.45, 2.75) is 12.2 Å². The third kappa shape index (κ3) is 6.17. The van der Waals surface area contributed by atoms with Crippen LogP contribution in [-0.2, 0) is 15.8 Å². The number of anilines is 1. The van der Waals surface area contributed by atoms with E-state index < -0.39 is 15.8 Å².